The van der Waals surface area contributed by atoms with Crippen LogP contribution in [0.5, 0.6) is 5.75 Å². The Hall–Kier alpha value is -2.06. The van der Waals surface area contributed by atoms with E-state index in [0.29, 0.717) is 41.4 Å². The van der Waals surface area contributed by atoms with E-state index in [4.69, 9.17) is 30.8 Å². The molecule has 0 aliphatic carbocycles. The lowest BCUT2D eigenvalue weighted by atomic mass is 9.78. The van der Waals surface area contributed by atoms with Gasteiger partial charge in [-0.2, -0.15) is 0 Å². The van der Waals surface area contributed by atoms with Crippen LogP contribution in [0.2, 0.25) is 5.02 Å². The summed E-state index contributed by atoms with van der Waals surface area (Å²) in [7, 11) is -0.647. The molecule has 0 radical (unpaired) electrons. The number of carbonyl (C=O) groups excluding carboxylic acids is 1. The summed E-state index contributed by atoms with van der Waals surface area (Å²) in [6.45, 7) is 8.67. The first-order valence-corrected chi connectivity index (χ1v) is 10.8. The molecule has 166 valence electrons. The van der Waals surface area contributed by atoms with Gasteiger partial charge < -0.3 is 24.5 Å². The zero-order valence-electron chi connectivity index (χ0n) is 18.4. The molecule has 0 unspecified atom stereocenters. The molecule has 6 nitrogen and oxygen atoms in total. The number of benzene rings is 2. The lowest BCUT2D eigenvalue weighted by molar-refractivity contribution is 0.00578. The number of hydrogen-bond acceptors (Lipinski definition) is 5. The van der Waals surface area contributed by atoms with Crippen molar-refractivity contribution >= 4 is 30.1 Å². The summed E-state index contributed by atoms with van der Waals surface area (Å²) in [5.74, 6) is 0.449. The van der Waals surface area contributed by atoms with Crippen LogP contribution >= 0.6 is 11.6 Å². The molecule has 0 saturated carbocycles. The van der Waals surface area contributed by atoms with Crippen molar-refractivity contribution in [1.82, 2.24) is 5.32 Å². The molecule has 1 amide bonds. The molecule has 0 spiro atoms. The summed E-state index contributed by atoms with van der Waals surface area (Å²) in [6, 6.07) is 12.6. The van der Waals surface area contributed by atoms with E-state index in [1.54, 1.807) is 18.2 Å². The summed E-state index contributed by atoms with van der Waals surface area (Å²) in [5.41, 5.74) is 0.945. The van der Waals surface area contributed by atoms with E-state index < -0.39 is 18.3 Å². The Labute approximate surface area is 189 Å². The van der Waals surface area contributed by atoms with Crippen molar-refractivity contribution in [1.29, 1.82) is 0 Å². The van der Waals surface area contributed by atoms with Gasteiger partial charge in [-0.15, -0.1) is 0 Å². The minimum absolute atomic E-state index is 0.0700. The molecule has 0 aromatic heterocycles. The maximum Gasteiger partial charge on any atom is 0.496 e. The Bertz CT molecular complexity index is 918. The molecular weight excluding hydrogens is 417 g/mol. The van der Waals surface area contributed by atoms with Crippen molar-refractivity contribution in [2.24, 2.45) is 0 Å². The van der Waals surface area contributed by atoms with Crippen LogP contribution in [0.3, 0.4) is 0 Å². The molecule has 2 aromatic carbocycles. The number of amides is 1. The fourth-order valence-electron chi connectivity index (χ4n) is 3.15. The third-order valence-electron chi connectivity index (χ3n) is 5.74. The van der Waals surface area contributed by atoms with Gasteiger partial charge >= 0.3 is 7.12 Å². The number of aliphatic hydroxyl groups is 1. The molecule has 1 saturated heterocycles. The van der Waals surface area contributed by atoms with Gasteiger partial charge in [0, 0.05) is 41.2 Å². The van der Waals surface area contributed by atoms with Gasteiger partial charge in [0.05, 0.1) is 17.8 Å². The SMILES string of the molecule is CC1(C)OB(c2cc(C(=O)NCc3ccccc3OCCCO)ccc2Cl)OC1(C)C. The minimum Gasteiger partial charge on any atom is -0.493 e. The number of ether oxygens (including phenoxy) is 1. The van der Waals surface area contributed by atoms with Gasteiger partial charge in [-0.3, -0.25) is 4.79 Å². The predicted molar refractivity (Wildman–Crippen MR) is 122 cm³/mol. The fourth-order valence-corrected chi connectivity index (χ4v) is 3.36. The Morgan fingerprint density at radius 1 is 1.13 bits per heavy atom. The topological polar surface area (TPSA) is 77.0 Å². The highest BCUT2D eigenvalue weighted by molar-refractivity contribution is 6.65. The van der Waals surface area contributed by atoms with Crippen LogP contribution < -0.4 is 15.5 Å². The molecule has 2 N–H and O–H groups in total. The van der Waals surface area contributed by atoms with Crippen LogP contribution in [-0.4, -0.2) is 42.5 Å². The summed E-state index contributed by atoms with van der Waals surface area (Å²) >= 11 is 6.40. The smallest absolute Gasteiger partial charge is 0.493 e. The van der Waals surface area contributed by atoms with E-state index in [1.165, 1.54) is 0 Å². The lowest BCUT2D eigenvalue weighted by Crippen LogP contribution is -2.41. The van der Waals surface area contributed by atoms with Gasteiger partial charge in [-0.05, 0) is 52.0 Å². The second-order valence-corrected chi connectivity index (χ2v) is 8.95. The Kier molecular flexibility index (Phi) is 7.32. The molecule has 1 heterocycles. The van der Waals surface area contributed by atoms with Crippen LogP contribution in [0.1, 0.15) is 50.0 Å². The lowest BCUT2D eigenvalue weighted by Gasteiger charge is -2.32. The third-order valence-corrected chi connectivity index (χ3v) is 6.08. The second-order valence-electron chi connectivity index (χ2n) is 8.54. The van der Waals surface area contributed by atoms with Crippen molar-refractivity contribution in [2.45, 2.75) is 51.9 Å². The Morgan fingerprint density at radius 3 is 2.48 bits per heavy atom. The predicted octanol–water partition coefficient (Wildman–Crippen LogP) is 3.33. The fraction of sp³-hybridized carbons (Fsp3) is 0.435. The normalized spacial score (nSPS) is 16.9. The van der Waals surface area contributed by atoms with E-state index in [-0.39, 0.29) is 12.5 Å². The standard InChI is InChI=1S/C23H29BClNO5/c1-22(2)23(3,4)31-24(30-22)18-14-16(10-11-19(18)25)21(28)26-15-17-8-5-6-9-20(17)29-13-7-12-27/h5-6,8-11,14,27H,7,12-13,15H2,1-4H3,(H,26,28). The number of halogens is 1. The molecule has 1 aliphatic rings. The molecule has 1 aliphatic heterocycles. The third kappa shape index (κ3) is 5.41. The van der Waals surface area contributed by atoms with Gasteiger partial charge in [0.1, 0.15) is 5.75 Å². The van der Waals surface area contributed by atoms with Crippen LogP contribution in [0.25, 0.3) is 0 Å². The van der Waals surface area contributed by atoms with Crippen molar-refractivity contribution < 1.29 is 23.9 Å². The van der Waals surface area contributed by atoms with E-state index in [9.17, 15) is 4.79 Å². The van der Waals surface area contributed by atoms with Gasteiger partial charge in [0.25, 0.3) is 5.91 Å². The number of rotatable bonds is 8. The zero-order chi connectivity index (χ0) is 22.6. The molecule has 31 heavy (non-hydrogen) atoms. The van der Waals surface area contributed by atoms with Crippen LogP contribution in [0, 0.1) is 0 Å². The maximum atomic E-state index is 12.8. The number of carbonyl (C=O) groups is 1. The van der Waals surface area contributed by atoms with E-state index in [2.05, 4.69) is 5.32 Å². The summed E-state index contributed by atoms with van der Waals surface area (Å²) in [4.78, 5) is 12.8. The Morgan fingerprint density at radius 2 is 1.81 bits per heavy atom. The van der Waals surface area contributed by atoms with Gasteiger partial charge in [-0.25, -0.2) is 0 Å². The number of nitrogens with one attached hydrogen (secondary N) is 1. The van der Waals surface area contributed by atoms with E-state index >= 15 is 0 Å². The molecule has 0 atom stereocenters. The monoisotopic (exact) mass is 445 g/mol. The summed E-state index contributed by atoms with van der Waals surface area (Å²) < 4.78 is 17.9. The highest BCUT2D eigenvalue weighted by Crippen LogP contribution is 2.37. The van der Waals surface area contributed by atoms with Gasteiger partial charge in [0.2, 0.25) is 0 Å². The summed E-state index contributed by atoms with van der Waals surface area (Å²) in [5, 5.41) is 12.3. The molecule has 3 rings (SSSR count). The van der Waals surface area contributed by atoms with E-state index in [1.807, 2.05) is 52.0 Å². The van der Waals surface area contributed by atoms with Crippen molar-refractivity contribution in [3.05, 3.63) is 58.6 Å². The molecule has 1 fully saturated rings. The van der Waals surface area contributed by atoms with Crippen LogP contribution in [-0.2, 0) is 15.9 Å². The average Bonchev–Trinajstić information content (AvgIpc) is 2.94. The summed E-state index contributed by atoms with van der Waals surface area (Å²) in [6.07, 6.45) is 0.549. The number of aliphatic hydroxyl groups excluding tert-OH is 1. The highest BCUT2D eigenvalue weighted by atomic mass is 35.5. The quantitative estimate of drug-likeness (QED) is 0.481. The van der Waals surface area contributed by atoms with Crippen molar-refractivity contribution in [3.63, 3.8) is 0 Å². The minimum atomic E-state index is -0.647. The number of hydrogen-bond donors (Lipinski definition) is 2. The van der Waals surface area contributed by atoms with Crippen LogP contribution in [0.15, 0.2) is 42.5 Å². The average molecular weight is 446 g/mol. The van der Waals surface area contributed by atoms with E-state index in [0.717, 1.165) is 5.56 Å². The largest absolute Gasteiger partial charge is 0.496 e. The first-order chi connectivity index (χ1) is 14.6. The first-order valence-electron chi connectivity index (χ1n) is 10.4. The van der Waals surface area contributed by atoms with Crippen molar-refractivity contribution in [3.8, 4) is 5.75 Å². The van der Waals surface area contributed by atoms with Crippen molar-refractivity contribution in [2.75, 3.05) is 13.2 Å². The van der Waals surface area contributed by atoms with Gasteiger partial charge in [-0.1, -0.05) is 29.8 Å². The van der Waals surface area contributed by atoms with Gasteiger partial charge in [0.15, 0.2) is 0 Å². The first kappa shape index (κ1) is 23.6. The highest BCUT2D eigenvalue weighted by Gasteiger charge is 2.52. The molecule has 2 aromatic rings. The second kappa shape index (κ2) is 9.61. The molecule has 8 heteroatoms. The Balaban J connectivity index is 1.71. The molecule has 0 bridgehead atoms. The molecular formula is C23H29BClNO5. The number of para-hydroxylation sites is 1. The zero-order valence-corrected chi connectivity index (χ0v) is 19.2. The maximum absolute atomic E-state index is 12.8. The van der Waals surface area contributed by atoms with Crippen LogP contribution in [0.4, 0.5) is 0 Å².